The minimum Gasteiger partial charge on any atom is -0.219 e. The fourth-order valence-corrected chi connectivity index (χ4v) is 1.06. The van der Waals surface area contributed by atoms with E-state index in [0.29, 0.717) is 0 Å². The number of alkyl halides is 16. The average Bonchev–Trinajstić information content (AvgIpc) is 2.31. The molecule has 0 rings (SSSR count). The minimum atomic E-state index is -7.57. The number of hydrogen-bond acceptors (Lipinski definition) is 0. The summed E-state index contributed by atoms with van der Waals surface area (Å²) in [4.78, 5) is 0. The lowest BCUT2D eigenvalue weighted by atomic mass is 9.99. The first kappa shape index (κ1) is 23.6. The smallest absolute Gasteiger partial charge is 0.219 e. The van der Waals surface area contributed by atoms with Crippen LogP contribution in [0.2, 0.25) is 0 Å². The molecule has 0 unspecified atom stereocenters. The van der Waals surface area contributed by atoms with Gasteiger partial charge in [0.25, 0.3) is 0 Å². The summed E-state index contributed by atoms with van der Waals surface area (Å²) in [5, 5.41) is 0. The van der Waals surface area contributed by atoms with Gasteiger partial charge in [-0.05, 0) is 12.2 Å². The van der Waals surface area contributed by atoms with E-state index < -0.39 is 54.1 Å². The van der Waals surface area contributed by atoms with E-state index in [1.165, 1.54) is 0 Å². The fraction of sp³-hybridized carbons (Fsp3) is 0.778. The second-order valence-corrected chi connectivity index (χ2v) is 4.31. The van der Waals surface area contributed by atoms with E-state index in [-0.39, 0.29) is 0 Å². The summed E-state index contributed by atoms with van der Waals surface area (Å²) in [7, 11) is 0. The highest BCUT2D eigenvalue weighted by Crippen LogP contribution is 2.54. The van der Waals surface area contributed by atoms with Crippen LogP contribution >= 0.6 is 0 Å². The van der Waals surface area contributed by atoms with Crippen LogP contribution in [0.25, 0.3) is 0 Å². The molecule has 0 amide bonds. The summed E-state index contributed by atoms with van der Waals surface area (Å²) in [6, 6.07) is 0. The van der Waals surface area contributed by atoms with Gasteiger partial charge in [-0.2, -0.15) is 65.9 Å². The molecule has 0 heterocycles. The van der Waals surface area contributed by atoms with E-state index in [1.807, 2.05) is 0 Å². The second kappa shape index (κ2) is 5.82. The predicted octanol–water partition coefficient (Wildman–Crippen LogP) is 5.84. The molecule has 150 valence electrons. The summed E-state index contributed by atoms with van der Waals surface area (Å²) in [5.41, 5.74) is -6.72. The minimum absolute atomic E-state index is 2.31. The molecule has 0 aliphatic heterocycles. The third-order valence-corrected chi connectivity index (χ3v) is 2.52. The molecule has 0 N–H and O–H groups in total. The lowest BCUT2D eigenvalue weighted by molar-refractivity contribution is -0.388. The Hall–Kier alpha value is -1.38. The highest BCUT2D eigenvalue weighted by molar-refractivity contribution is 5.18. The maximum Gasteiger partial charge on any atom is 0.460 e. The molecule has 0 aliphatic rings. The molecular formula is C9H2F16. The van der Waals surface area contributed by atoms with Crippen molar-refractivity contribution in [2.24, 2.45) is 0 Å². The highest BCUT2D eigenvalue weighted by Gasteiger charge is 2.81. The van der Waals surface area contributed by atoms with Crippen LogP contribution in [0.4, 0.5) is 70.2 Å². The van der Waals surface area contributed by atoms with Crippen LogP contribution in [0, 0.1) is 0 Å². The quantitative estimate of drug-likeness (QED) is 0.401. The van der Waals surface area contributed by atoms with Gasteiger partial charge in [0.05, 0.1) is 0 Å². The van der Waals surface area contributed by atoms with Crippen molar-refractivity contribution >= 4 is 0 Å². The third kappa shape index (κ3) is 3.75. The molecule has 0 spiro atoms. The van der Waals surface area contributed by atoms with E-state index in [4.69, 9.17) is 0 Å². The van der Waals surface area contributed by atoms with Gasteiger partial charge in [0.15, 0.2) is 0 Å². The van der Waals surface area contributed by atoms with Gasteiger partial charge in [0.2, 0.25) is 0 Å². The van der Waals surface area contributed by atoms with E-state index >= 15 is 0 Å². The van der Waals surface area contributed by atoms with Gasteiger partial charge in [-0.1, -0.05) is 0 Å². The van der Waals surface area contributed by atoms with E-state index in [9.17, 15) is 70.2 Å². The Kier molecular flexibility index (Phi) is 5.50. The van der Waals surface area contributed by atoms with Gasteiger partial charge in [-0.25, -0.2) is 4.39 Å². The zero-order valence-corrected chi connectivity index (χ0v) is 10.7. The number of rotatable bonds is 4. The molecule has 0 aromatic heterocycles. The Morgan fingerprint density at radius 2 is 0.680 bits per heavy atom. The van der Waals surface area contributed by atoms with Crippen LogP contribution in [0.3, 0.4) is 0 Å². The van der Waals surface area contributed by atoms with Crippen molar-refractivity contribution in [3.63, 3.8) is 0 Å². The maximum atomic E-state index is 12.9. The average molecular weight is 414 g/mol. The number of halogens is 16. The summed E-state index contributed by atoms with van der Waals surface area (Å²) < 4.78 is 196. The zero-order chi connectivity index (χ0) is 20.9. The first-order valence-corrected chi connectivity index (χ1v) is 5.18. The summed E-state index contributed by atoms with van der Waals surface area (Å²) in [5.74, 6) is -22.0. The van der Waals surface area contributed by atoms with Gasteiger partial charge in [0.1, 0.15) is 0 Å². The molecule has 0 aromatic carbocycles. The van der Waals surface area contributed by atoms with Crippen LogP contribution in [0.1, 0.15) is 0 Å². The van der Waals surface area contributed by atoms with Crippen LogP contribution in [0.5, 0.6) is 0 Å². The van der Waals surface area contributed by atoms with Crippen molar-refractivity contribution < 1.29 is 70.2 Å². The molecule has 25 heavy (non-hydrogen) atoms. The number of hydrogen-bond donors (Lipinski definition) is 0. The molecule has 0 saturated heterocycles. The van der Waals surface area contributed by atoms with Gasteiger partial charge in [-0.3, -0.25) is 0 Å². The SMILES string of the molecule is FC(F)(F)C(F)(F)C(F)(F)C(F)(F)C=CC(F)(C(F)(F)F)C(F)(F)F. The summed E-state index contributed by atoms with van der Waals surface area (Å²) in [6.45, 7) is 0. The molecule has 0 saturated carbocycles. The molecule has 0 fully saturated rings. The Morgan fingerprint density at radius 1 is 0.360 bits per heavy atom. The van der Waals surface area contributed by atoms with E-state index in [2.05, 4.69) is 0 Å². The first-order valence-electron chi connectivity index (χ1n) is 5.18. The molecule has 16 heteroatoms. The van der Waals surface area contributed by atoms with Crippen LogP contribution in [-0.4, -0.2) is 42.0 Å². The molecule has 0 atom stereocenters. The van der Waals surface area contributed by atoms with E-state index in [0.717, 1.165) is 0 Å². The normalized spacial score (nSPS) is 16.6. The van der Waals surface area contributed by atoms with Crippen molar-refractivity contribution in [3.05, 3.63) is 12.2 Å². The van der Waals surface area contributed by atoms with E-state index in [1.54, 1.807) is 0 Å². The fourth-order valence-electron chi connectivity index (χ4n) is 1.06. The van der Waals surface area contributed by atoms with Crippen LogP contribution in [-0.2, 0) is 0 Å². The Bertz CT molecular complexity index is 485. The monoisotopic (exact) mass is 414 g/mol. The summed E-state index contributed by atoms with van der Waals surface area (Å²) in [6.07, 6.45) is -26.2. The zero-order valence-electron chi connectivity index (χ0n) is 10.7. The van der Waals surface area contributed by atoms with Gasteiger partial charge >= 0.3 is 42.0 Å². The predicted molar refractivity (Wildman–Crippen MR) is 46.0 cm³/mol. The lowest BCUT2D eigenvalue weighted by Crippen LogP contribution is -2.60. The molecule has 0 radical (unpaired) electrons. The second-order valence-electron chi connectivity index (χ2n) is 4.31. The van der Waals surface area contributed by atoms with Crippen molar-refractivity contribution in [1.82, 2.24) is 0 Å². The third-order valence-electron chi connectivity index (χ3n) is 2.52. The van der Waals surface area contributed by atoms with Gasteiger partial charge in [-0.15, -0.1) is 0 Å². The van der Waals surface area contributed by atoms with Crippen molar-refractivity contribution in [2.45, 2.75) is 42.0 Å². The Labute approximate surface area is 126 Å². The van der Waals surface area contributed by atoms with Crippen molar-refractivity contribution in [2.75, 3.05) is 0 Å². The highest BCUT2D eigenvalue weighted by atomic mass is 19.4. The maximum absolute atomic E-state index is 12.9. The molecular weight excluding hydrogens is 412 g/mol. The first-order chi connectivity index (χ1) is 10.5. The van der Waals surface area contributed by atoms with Crippen LogP contribution in [0.15, 0.2) is 12.2 Å². The van der Waals surface area contributed by atoms with Gasteiger partial charge in [0, 0.05) is 0 Å². The topological polar surface area (TPSA) is 0 Å². The molecule has 0 aromatic rings. The Balaban J connectivity index is 6.19. The summed E-state index contributed by atoms with van der Waals surface area (Å²) >= 11 is 0. The van der Waals surface area contributed by atoms with Crippen molar-refractivity contribution in [3.8, 4) is 0 Å². The standard InChI is InChI=1S/C9H2F16/c10-3(7(17,18)19,8(20,21)22)1-2-4(11,12)5(13,14)6(15,16)9(23,24)25/h1-2H. The Morgan fingerprint density at radius 3 is 0.920 bits per heavy atom. The molecule has 0 bridgehead atoms. The largest absolute Gasteiger partial charge is 0.460 e. The van der Waals surface area contributed by atoms with Gasteiger partial charge < -0.3 is 0 Å². The van der Waals surface area contributed by atoms with Crippen molar-refractivity contribution in [1.29, 1.82) is 0 Å². The molecule has 0 aliphatic carbocycles. The number of allylic oxidation sites excluding steroid dienone is 2. The van der Waals surface area contributed by atoms with Crippen LogP contribution < -0.4 is 0 Å². The molecule has 0 nitrogen and oxygen atoms in total. The lowest BCUT2D eigenvalue weighted by Gasteiger charge is -2.33.